The van der Waals surface area contributed by atoms with Gasteiger partial charge in [0.25, 0.3) is 0 Å². The van der Waals surface area contributed by atoms with Crippen LogP contribution in [0.3, 0.4) is 0 Å². The van der Waals surface area contributed by atoms with E-state index in [1.807, 2.05) is 33.2 Å². The van der Waals surface area contributed by atoms with Crippen LogP contribution in [0, 0.1) is 6.92 Å². The molecule has 2 aromatic rings. The van der Waals surface area contributed by atoms with Crippen LogP contribution >= 0.6 is 0 Å². The molecule has 0 saturated heterocycles. The number of fused-ring (bicyclic) bond motifs is 3. The van der Waals surface area contributed by atoms with Gasteiger partial charge in [-0.3, -0.25) is 4.79 Å². The number of aromatic nitrogens is 1. The van der Waals surface area contributed by atoms with Crippen LogP contribution in [0.5, 0.6) is 11.6 Å². The van der Waals surface area contributed by atoms with Gasteiger partial charge in [-0.2, -0.15) is 0 Å². The number of likely N-dealkylation sites (N-methyl/N-ethyl adjacent to an activating group) is 1. The molecule has 1 atom stereocenters. The molecular weight excluding hydrogens is 384 g/mol. The van der Waals surface area contributed by atoms with Gasteiger partial charge in [0.15, 0.2) is 11.3 Å². The van der Waals surface area contributed by atoms with E-state index < -0.39 is 0 Å². The van der Waals surface area contributed by atoms with Gasteiger partial charge in [-0.15, -0.1) is 0 Å². The van der Waals surface area contributed by atoms with E-state index in [-0.39, 0.29) is 11.5 Å². The number of aryl methyl sites for hydroxylation is 1. The topological polar surface area (TPSA) is 62.2 Å². The van der Waals surface area contributed by atoms with Crippen LogP contribution in [0.4, 0.5) is 0 Å². The molecule has 0 spiro atoms. The molecule has 0 N–H and O–H groups in total. The monoisotopic (exact) mass is 416 g/mol. The molecule has 0 amide bonds. The summed E-state index contributed by atoms with van der Waals surface area (Å²) in [6.45, 7) is 4.86. The lowest BCUT2D eigenvalue weighted by molar-refractivity contribution is -0.000948. The lowest BCUT2D eigenvalue weighted by atomic mass is 9.94. The van der Waals surface area contributed by atoms with E-state index >= 15 is 0 Å². The molecule has 0 bridgehead atoms. The highest BCUT2D eigenvalue weighted by atomic mass is 16.6. The fourth-order valence-corrected chi connectivity index (χ4v) is 3.64. The van der Waals surface area contributed by atoms with Crippen molar-refractivity contribution in [3.05, 3.63) is 45.6 Å². The van der Waals surface area contributed by atoms with Crippen molar-refractivity contribution in [2.24, 2.45) is 0 Å². The van der Waals surface area contributed by atoms with Gasteiger partial charge in [0.05, 0.1) is 12.3 Å². The van der Waals surface area contributed by atoms with Crippen LogP contribution < -0.4 is 14.9 Å². The maximum atomic E-state index is 12.7. The first-order valence-corrected chi connectivity index (χ1v) is 10.2. The summed E-state index contributed by atoms with van der Waals surface area (Å²) in [5.41, 5.74) is 3.85. The van der Waals surface area contributed by atoms with Crippen molar-refractivity contribution in [1.29, 1.82) is 0 Å². The first-order chi connectivity index (χ1) is 14.4. The lowest BCUT2D eigenvalue weighted by Gasteiger charge is -2.27. The molecule has 7 nitrogen and oxygen atoms in total. The fraction of sp³-hybridized carbons (Fsp3) is 0.522. The molecule has 0 fully saturated rings. The normalized spacial score (nSPS) is 13.7. The van der Waals surface area contributed by atoms with Gasteiger partial charge in [0, 0.05) is 44.5 Å². The SMILES string of the molecule is COC[C@@H](COc1cc(=O)c(C)c2n1CCc1cc(OCCN(C)C)ccc1-2)OC. The predicted octanol–water partition coefficient (Wildman–Crippen LogP) is 2.36. The standard InChI is InChI=1S/C23H32N2O5/c1-16-21(26)13-22(30-15-19(28-5)14-27-4)25-9-8-17-12-18(29-11-10-24(2)3)6-7-20(17)23(16)25/h6-7,12-13,19H,8-11,14-15H2,1-5H3/t19-/m0/s1. The second kappa shape index (κ2) is 10.1. The summed E-state index contributed by atoms with van der Waals surface area (Å²) in [5.74, 6) is 1.43. The number of hydrogen-bond acceptors (Lipinski definition) is 6. The van der Waals surface area contributed by atoms with Crippen molar-refractivity contribution in [3.8, 4) is 22.9 Å². The first-order valence-electron chi connectivity index (χ1n) is 10.2. The second-order valence-corrected chi connectivity index (χ2v) is 7.82. The summed E-state index contributed by atoms with van der Waals surface area (Å²) in [5, 5.41) is 0. The van der Waals surface area contributed by atoms with E-state index in [1.165, 1.54) is 5.56 Å². The Hall–Kier alpha value is -2.35. The Morgan fingerprint density at radius 3 is 2.63 bits per heavy atom. The molecule has 0 aliphatic carbocycles. The summed E-state index contributed by atoms with van der Waals surface area (Å²) in [6, 6.07) is 7.68. The van der Waals surface area contributed by atoms with Crippen LogP contribution in [0.1, 0.15) is 11.1 Å². The van der Waals surface area contributed by atoms with E-state index in [0.29, 0.717) is 25.7 Å². The van der Waals surface area contributed by atoms with E-state index in [4.69, 9.17) is 18.9 Å². The number of methoxy groups -OCH3 is 2. The summed E-state index contributed by atoms with van der Waals surface area (Å²) in [4.78, 5) is 14.7. The summed E-state index contributed by atoms with van der Waals surface area (Å²) in [7, 11) is 7.30. The van der Waals surface area contributed by atoms with Gasteiger partial charge in [-0.1, -0.05) is 0 Å². The van der Waals surface area contributed by atoms with Crippen LogP contribution in [0.15, 0.2) is 29.1 Å². The molecular formula is C23H32N2O5. The van der Waals surface area contributed by atoms with Gasteiger partial charge in [0.2, 0.25) is 0 Å². The van der Waals surface area contributed by atoms with Crippen LogP contribution in [0.2, 0.25) is 0 Å². The summed E-state index contributed by atoms with van der Waals surface area (Å²) >= 11 is 0. The number of nitrogens with zero attached hydrogens (tertiary/aromatic N) is 2. The minimum atomic E-state index is -0.194. The van der Waals surface area contributed by atoms with Crippen LogP contribution in [-0.2, 0) is 22.4 Å². The van der Waals surface area contributed by atoms with Gasteiger partial charge >= 0.3 is 0 Å². The minimum absolute atomic E-state index is 0.0314. The molecule has 3 rings (SSSR count). The average Bonchev–Trinajstić information content (AvgIpc) is 2.73. The van der Waals surface area contributed by atoms with Crippen LogP contribution in [0.25, 0.3) is 11.3 Å². The zero-order valence-electron chi connectivity index (χ0n) is 18.6. The smallest absolute Gasteiger partial charge is 0.197 e. The van der Waals surface area contributed by atoms with Crippen molar-refractivity contribution in [2.45, 2.75) is 26.0 Å². The maximum absolute atomic E-state index is 12.7. The Labute approximate surface area is 178 Å². The quantitative estimate of drug-likeness (QED) is 0.593. The molecule has 2 heterocycles. The van der Waals surface area contributed by atoms with E-state index in [9.17, 15) is 4.79 Å². The third-order valence-electron chi connectivity index (χ3n) is 5.36. The largest absolute Gasteiger partial charge is 0.492 e. The van der Waals surface area contributed by atoms with E-state index in [1.54, 1.807) is 20.3 Å². The van der Waals surface area contributed by atoms with Crippen molar-refractivity contribution in [3.63, 3.8) is 0 Å². The highest BCUT2D eigenvalue weighted by Crippen LogP contribution is 2.35. The number of rotatable bonds is 10. The predicted molar refractivity (Wildman–Crippen MR) is 117 cm³/mol. The van der Waals surface area contributed by atoms with E-state index in [0.717, 1.165) is 42.1 Å². The zero-order valence-corrected chi connectivity index (χ0v) is 18.6. The van der Waals surface area contributed by atoms with Gasteiger partial charge in [-0.05, 0) is 51.2 Å². The molecule has 0 saturated carbocycles. The van der Waals surface area contributed by atoms with Gasteiger partial charge in [-0.25, -0.2) is 0 Å². The fourth-order valence-electron chi connectivity index (χ4n) is 3.64. The Kier molecular flexibility index (Phi) is 7.53. The Morgan fingerprint density at radius 1 is 1.13 bits per heavy atom. The maximum Gasteiger partial charge on any atom is 0.197 e. The number of ether oxygens (including phenoxy) is 4. The molecule has 1 aromatic carbocycles. The Bertz CT molecular complexity index is 923. The third kappa shape index (κ3) is 5.03. The number of pyridine rings is 1. The minimum Gasteiger partial charge on any atom is -0.492 e. The molecule has 0 unspecified atom stereocenters. The zero-order chi connectivity index (χ0) is 21.7. The average molecular weight is 417 g/mol. The molecule has 30 heavy (non-hydrogen) atoms. The van der Waals surface area contributed by atoms with Crippen molar-refractivity contribution < 1.29 is 18.9 Å². The molecule has 1 aliphatic heterocycles. The summed E-state index contributed by atoms with van der Waals surface area (Å²) in [6.07, 6.45) is 0.651. The molecule has 1 aliphatic rings. The van der Waals surface area contributed by atoms with Crippen molar-refractivity contribution >= 4 is 0 Å². The first kappa shape index (κ1) is 22.3. The summed E-state index contributed by atoms with van der Waals surface area (Å²) < 4.78 is 24.5. The van der Waals surface area contributed by atoms with Crippen molar-refractivity contribution in [2.75, 3.05) is 54.7 Å². The Morgan fingerprint density at radius 2 is 1.93 bits per heavy atom. The lowest BCUT2D eigenvalue weighted by Crippen LogP contribution is -2.28. The molecule has 1 aromatic heterocycles. The molecule has 164 valence electrons. The highest BCUT2D eigenvalue weighted by Gasteiger charge is 2.23. The second-order valence-electron chi connectivity index (χ2n) is 7.82. The van der Waals surface area contributed by atoms with Crippen LogP contribution in [-0.4, -0.2) is 70.3 Å². The van der Waals surface area contributed by atoms with Gasteiger partial charge in [0.1, 0.15) is 25.1 Å². The molecule has 0 radical (unpaired) electrons. The number of benzene rings is 1. The third-order valence-corrected chi connectivity index (χ3v) is 5.36. The van der Waals surface area contributed by atoms with Gasteiger partial charge < -0.3 is 28.4 Å². The highest BCUT2D eigenvalue weighted by molar-refractivity contribution is 5.70. The van der Waals surface area contributed by atoms with Crippen molar-refractivity contribution in [1.82, 2.24) is 9.47 Å². The molecule has 7 heteroatoms. The number of hydrogen-bond donors (Lipinski definition) is 0. The van der Waals surface area contributed by atoms with E-state index in [2.05, 4.69) is 15.5 Å². The Balaban J connectivity index is 1.88.